The Balaban J connectivity index is 1.34. The van der Waals surface area contributed by atoms with Crippen LogP contribution in [-0.4, -0.2) is 93.2 Å². The van der Waals surface area contributed by atoms with Crippen molar-refractivity contribution in [1.29, 1.82) is 0 Å². The Labute approximate surface area is 170 Å². The molecule has 1 aromatic heterocycles. The molecule has 3 aliphatic rings. The first-order chi connectivity index (χ1) is 13.3. The van der Waals surface area contributed by atoms with Crippen molar-refractivity contribution < 1.29 is 21.6 Å². The lowest BCUT2D eigenvalue weighted by atomic mass is 10.2. The van der Waals surface area contributed by atoms with Gasteiger partial charge in [-0.05, 0) is 30.7 Å². The number of carbonyl (C=O) groups is 1. The summed E-state index contributed by atoms with van der Waals surface area (Å²) in [6.45, 7) is 1.93. The summed E-state index contributed by atoms with van der Waals surface area (Å²) in [5, 5.41) is 1.75. The molecular formula is C17H25N3O5S3. The van der Waals surface area contributed by atoms with Crippen molar-refractivity contribution >= 4 is 37.1 Å². The van der Waals surface area contributed by atoms with E-state index < -0.39 is 19.9 Å². The minimum atomic E-state index is -3.45. The highest BCUT2D eigenvalue weighted by atomic mass is 32.2. The van der Waals surface area contributed by atoms with Gasteiger partial charge in [0.05, 0.1) is 18.1 Å². The van der Waals surface area contributed by atoms with Gasteiger partial charge in [-0.15, -0.1) is 11.3 Å². The molecule has 4 rings (SSSR count). The van der Waals surface area contributed by atoms with Crippen molar-refractivity contribution in [2.45, 2.75) is 35.6 Å². The molecule has 3 fully saturated rings. The van der Waals surface area contributed by atoms with Crippen molar-refractivity contribution in [2.75, 3.05) is 44.2 Å². The maximum Gasteiger partial charge on any atom is 0.252 e. The summed E-state index contributed by atoms with van der Waals surface area (Å²) in [4.78, 5) is 16.7. The predicted octanol–water partition coefficient (Wildman–Crippen LogP) is 0.233. The number of piperazine rings is 1. The summed E-state index contributed by atoms with van der Waals surface area (Å²) in [7, 11) is -6.49. The Hall–Kier alpha value is -1.01. The van der Waals surface area contributed by atoms with E-state index in [1.54, 1.807) is 22.4 Å². The molecule has 1 saturated carbocycles. The zero-order valence-electron chi connectivity index (χ0n) is 15.6. The molecule has 1 aliphatic carbocycles. The van der Waals surface area contributed by atoms with Crippen LogP contribution in [0.3, 0.4) is 0 Å². The standard InChI is InChI=1S/C17H25N3O5S3/c21-16(20(14-3-4-14)15-5-11-27(22,23)13-15)12-18-6-8-19(9-7-18)28(24,25)17-2-1-10-26-17/h1-2,10,14-15H,3-9,11-13H2/t15-/m1/s1. The van der Waals surface area contributed by atoms with E-state index in [9.17, 15) is 21.6 Å². The third-order valence-corrected chi connectivity index (χ3v) is 10.6. The number of nitrogens with zero attached hydrogens (tertiary/aromatic N) is 3. The molecule has 0 unspecified atom stereocenters. The molecular weight excluding hydrogens is 422 g/mol. The van der Waals surface area contributed by atoms with Gasteiger partial charge in [-0.1, -0.05) is 6.07 Å². The topological polar surface area (TPSA) is 95.1 Å². The second-order valence-corrected chi connectivity index (χ2v) is 13.0. The second kappa shape index (κ2) is 7.67. The van der Waals surface area contributed by atoms with Gasteiger partial charge in [-0.3, -0.25) is 9.69 Å². The normalized spacial score (nSPS) is 26.4. The number of hydrogen-bond acceptors (Lipinski definition) is 7. The lowest BCUT2D eigenvalue weighted by molar-refractivity contribution is -0.135. The van der Waals surface area contributed by atoms with E-state index in [1.165, 1.54) is 15.6 Å². The quantitative estimate of drug-likeness (QED) is 0.620. The van der Waals surface area contributed by atoms with E-state index >= 15 is 0 Å². The van der Waals surface area contributed by atoms with Crippen LogP contribution >= 0.6 is 11.3 Å². The molecule has 156 valence electrons. The van der Waals surface area contributed by atoms with Crippen LogP contribution < -0.4 is 0 Å². The first kappa shape index (κ1) is 20.3. The number of carbonyl (C=O) groups excluding carboxylic acids is 1. The number of sulfone groups is 1. The van der Waals surface area contributed by atoms with Crippen LogP contribution in [0.5, 0.6) is 0 Å². The monoisotopic (exact) mass is 447 g/mol. The summed E-state index contributed by atoms with van der Waals surface area (Å²) in [6, 6.07) is 3.30. The van der Waals surface area contributed by atoms with Crippen molar-refractivity contribution in [3.63, 3.8) is 0 Å². The van der Waals surface area contributed by atoms with Crippen LogP contribution in [0.2, 0.25) is 0 Å². The van der Waals surface area contributed by atoms with Crippen molar-refractivity contribution in [3.05, 3.63) is 17.5 Å². The van der Waals surface area contributed by atoms with Gasteiger partial charge in [0.25, 0.3) is 10.0 Å². The van der Waals surface area contributed by atoms with Crippen molar-refractivity contribution in [3.8, 4) is 0 Å². The highest BCUT2D eigenvalue weighted by Crippen LogP contribution is 2.32. The summed E-state index contributed by atoms with van der Waals surface area (Å²) < 4.78 is 50.7. The van der Waals surface area contributed by atoms with Gasteiger partial charge in [-0.2, -0.15) is 4.31 Å². The lowest BCUT2D eigenvalue weighted by Gasteiger charge is -2.35. The van der Waals surface area contributed by atoms with E-state index in [-0.39, 0.29) is 36.0 Å². The van der Waals surface area contributed by atoms with Crippen LogP contribution in [0.15, 0.2) is 21.7 Å². The SMILES string of the molecule is O=C(CN1CCN(S(=O)(=O)c2cccs2)CC1)N(C1CC1)[C@@H]1CCS(=O)(=O)C1. The highest BCUT2D eigenvalue weighted by molar-refractivity contribution is 7.91. The van der Waals surface area contributed by atoms with Crippen LogP contribution in [0, 0.1) is 0 Å². The Morgan fingerprint density at radius 3 is 2.39 bits per heavy atom. The number of rotatable bonds is 6. The summed E-state index contributed by atoms with van der Waals surface area (Å²) in [6.07, 6.45) is 2.40. The Morgan fingerprint density at radius 2 is 1.86 bits per heavy atom. The Morgan fingerprint density at radius 1 is 1.14 bits per heavy atom. The van der Waals surface area contributed by atoms with Gasteiger partial charge in [-0.25, -0.2) is 16.8 Å². The first-order valence-corrected chi connectivity index (χ1v) is 13.7. The zero-order chi connectivity index (χ0) is 19.9. The molecule has 3 heterocycles. The molecule has 1 amide bonds. The Bertz CT molecular complexity index is 917. The third-order valence-electron chi connectivity index (χ3n) is 5.61. The van der Waals surface area contributed by atoms with Gasteiger partial charge < -0.3 is 4.90 Å². The van der Waals surface area contributed by atoms with Crippen LogP contribution in [0.4, 0.5) is 0 Å². The molecule has 0 bridgehead atoms. The maximum absolute atomic E-state index is 12.9. The molecule has 1 atom stereocenters. The lowest BCUT2D eigenvalue weighted by Crippen LogP contribution is -2.53. The number of amides is 1. The van der Waals surface area contributed by atoms with E-state index in [0.29, 0.717) is 36.8 Å². The fourth-order valence-corrected chi connectivity index (χ4v) is 8.27. The summed E-state index contributed by atoms with van der Waals surface area (Å²) in [5.74, 6) is 0.203. The summed E-state index contributed by atoms with van der Waals surface area (Å²) >= 11 is 1.21. The molecule has 8 nitrogen and oxygen atoms in total. The zero-order valence-corrected chi connectivity index (χ0v) is 18.0. The second-order valence-electron chi connectivity index (χ2n) is 7.70. The maximum atomic E-state index is 12.9. The average molecular weight is 448 g/mol. The summed E-state index contributed by atoms with van der Waals surface area (Å²) in [5.41, 5.74) is 0. The molecule has 28 heavy (non-hydrogen) atoms. The molecule has 0 spiro atoms. The fraction of sp³-hybridized carbons (Fsp3) is 0.706. The molecule has 0 N–H and O–H groups in total. The highest BCUT2D eigenvalue weighted by Gasteiger charge is 2.42. The van der Waals surface area contributed by atoms with Gasteiger partial charge >= 0.3 is 0 Å². The Kier molecular flexibility index (Phi) is 5.56. The van der Waals surface area contributed by atoms with E-state index in [2.05, 4.69) is 0 Å². The molecule has 2 aliphatic heterocycles. The molecule has 0 aromatic carbocycles. The van der Waals surface area contributed by atoms with E-state index in [0.717, 1.165) is 12.8 Å². The minimum Gasteiger partial charge on any atom is -0.335 e. The molecule has 0 radical (unpaired) electrons. The third kappa shape index (κ3) is 4.28. The number of thiophene rings is 1. The fourth-order valence-electron chi connectivity index (χ4n) is 3.99. The van der Waals surface area contributed by atoms with Crippen molar-refractivity contribution in [1.82, 2.24) is 14.1 Å². The van der Waals surface area contributed by atoms with Crippen molar-refractivity contribution in [2.24, 2.45) is 0 Å². The average Bonchev–Trinajstić information content (AvgIpc) is 3.16. The van der Waals surface area contributed by atoms with E-state index in [4.69, 9.17) is 0 Å². The van der Waals surface area contributed by atoms with Crippen LogP contribution in [0.25, 0.3) is 0 Å². The van der Waals surface area contributed by atoms with Crippen LogP contribution in [0.1, 0.15) is 19.3 Å². The van der Waals surface area contributed by atoms with Gasteiger partial charge in [0.15, 0.2) is 9.84 Å². The largest absolute Gasteiger partial charge is 0.335 e. The van der Waals surface area contributed by atoms with Crippen LogP contribution in [-0.2, 0) is 24.7 Å². The number of hydrogen-bond donors (Lipinski definition) is 0. The minimum absolute atomic E-state index is 0.0286. The molecule has 1 aromatic rings. The van der Waals surface area contributed by atoms with Gasteiger partial charge in [0.1, 0.15) is 4.21 Å². The van der Waals surface area contributed by atoms with Gasteiger partial charge in [0.2, 0.25) is 5.91 Å². The predicted molar refractivity (Wildman–Crippen MR) is 106 cm³/mol. The van der Waals surface area contributed by atoms with Gasteiger partial charge in [0, 0.05) is 38.3 Å². The molecule has 2 saturated heterocycles. The number of sulfonamides is 1. The van der Waals surface area contributed by atoms with E-state index in [1.807, 2.05) is 4.90 Å². The first-order valence-electron chi connectivity index (χ1n) is 9.54. The smallest absolute Gasteiger partial charge is 0.252 e. The molecule has 11 heteroatoms.